The standard InChI is InChI=1S/C17H27N2O6PS/c1-3-24-26(21,25-4-2)16-13-9-8-12-15(16)18-17(20)19-27(22,23)14-10-6-5-7-11-14/h8-9,12-14H,3-7,10-11H2,1-2H3,(H2,18,19,20). The Labute approximate surface area is 160 Å². The highest BCUT2D eigenvalue weighted by atomic mass is 32.2. The van der Waals surface area contributed by atoms with Crippen LogP contribution >= 0.6 is 7.60 Å². The molecule has 0 atom stereocenters. The zero-order valence-electron chi connectivity index (χ0n) is 15.6. The highest BCUT2D eigenvalue weighted by Crippen LogP contribution is 2.48. The summed E-state index contributed by atoms with van der Waals surface area (Å²) in [6, 6.07) is 5.43. The minimum atomic E-state index is -3.77. The lowest BCUT2D eigenvalue weighted by molar-refractivity contribution is 0.230. The summed E-state index contributed by atoms with van der Waals surface area (Å²) < 4.78 is 50.5. The van der Waals surface area contributed by atoms with E-state index < -0.39 is 28.9 Å². The van der Waals surface area contributed by atoms with Gasteiger partial charge in [0, 0.05) is 0 Å². The fraction of sp³-hybridized carbons (Fsp3) is 0.588. The second-order valence-electron chi connectivity index (χ2n) is 6.21. The van der Waals surface area contributed by atoms with Gasteiger partial charge in [0.25, 0.3) is 0 Å². The number of anilines is 1. The molecule has 0 unspecified atom stereocenters. The van der Waals surface area contributed by atoms with E-state index in [2.05, 4.69) is 10.0 Å². The Morgan fingerprint density at radius 1 is 1.11 bits per heavy atom. The zero-order valence-corrected chi connectivity index (χ0v) is 17.4. The molecule has 0 bridgehead atoms. The Hall–Kier alpha value is -1.41. The fourth-order valence-corrected chi connectivity index (χ4v) is 6.23. The average molecular weight is 418 g/mol. The third-order valence-corrected chi connectivity index (χ3v) is 8.27. The van der Waals surface area contributed by atoms with Crippen LogP contribution in [0.4, 0.5) is 10.5 Å². The number of hydrogen-bond acceptors (Lipinski definition) is 6. The van der Waals surface area contributed by atoms with Crippen LogP contribution in [-0.2, 0) is 23.6 Å². The summed E-state index contributed by atoms with van der Waals surface area (Å²) >= 11 is 0. The topological polar surface area (TPSA) is 111 Å². The third kappa shape index (κ3) is 5.78. The number of amides is 2. The molecule has 1 saturated carbocycles. The molecule has 1 fully saturated rings. The van der Waals surface area contributed by atoms with E-state index in [1.807, 2.05) is 0 Å². The van der Waals surface area contributed by atoms with Crippen LogP contribution in [0.25, 0.3) is 0 Å². The minimum Gasteiger partial charge on any atom is -0.306 e. The smallest absolute Gasteiger partial charge is 0.306 e. The molecule has 1 aliphatic rings. The van der Waals surface area contributed by atoms with Crippen LogP contribution in [0.2, 0.25) is 0 Å². The van der Waals surface area contributed by atoms with Crippen molar-refractivity contribution in [1.82, 2.24) is 4.72 Å². The molecular formula is C17H27N2O6PS. The van der Waals surface area contributed by atoms with Gasteiger partial charge in [-0.3, -0.25) is 4.57 Å². The van der Waals surface area contributed by atoms with E-state index in [0.717, 1.165) is 19.3 Å². The van der Waals surface area contributed by atoms with Crippen LogP contribution < -0.4 is 15.3 Å². The van der Waals surface area contributed by atoms with Crippen molar-refractivity contribution in [3.63, 3.8) is 0 Å². The van der Waals surface area contributed by atoms with Crippen molar-refractivity contribution in [2.45, 2.75) is 51.2 Å². The highest BCUT2D eigenvalue weighted by Gasteiger charge is 2.32. The molecule has 1 aromatic rings. The largest absolute Gasteiger partial charge is 0.363 e. The number of carbonyl (C=O) groups excluding carboxylic acids is 1. The SMILES string of the molecule is CCOP(=O)(OCC)c1ccccc1NC(=O)NS(=O)(=O)C1CCCCC1. The molecule has 8 nitrogen and oxygen atoms in total. The molecular weight excluding hydrogens is 391 g/mol. The van der Waals surface area contributed by atoms with Crippen molar-refractivity contribution in [2.24, 2.45) is 0 Å². The van der Waals surface area contributed by atoms with Gasteiger partial charge in [-0.15, -0.1) is 0 Å². The molecule has 0 aliphatic heterocycles. The normalized spacial score (nSPS) is 16.1. The molecule has 152 valence electrons. The van der Waals surface area contributed by atoms with Gasteiger partial charge in [-0.2, -0.15) is 0 Å². The van der Waals surface area contributed by atoms with Gasteiger partial charge in [-0.25, -0.2) is 17.9 Å². The first-order valence-corrected chi connectivity index (χ1v) is 12.2. The molecule has 10 heteroatoms. The lowest BCUT2D eigenvalue weighted by Crippen LogP contribution is -2.42. The summed E-state index contributed by atoms with van der Waals surface area (Å²) in [6.45, 7) is 3.69. The molecule has 0 radical (unpaired) electrons. The van der Waals surface area contributed by atoms with E-state index in [0.29, 0.717) is 12.8 Å². The number of carbonyl (C=O) groups is 1. The second kappa shape index (κ2) is 9.68. The Morgan fingerprint density at radius 2 is 1.70 bits per heavy atom. The molecule has 2 amide bonds. The number of sulfonamides is 1. The summed E-state index contributed by atoms with van der Waals surface area (Å²) in [4.78, 5) is 12.3. The van der Waals surface area contributed by atoms with E-state index in [9.17, 15) is 17.8 Å². The van der Waals surface area contributed by atoms with E-state index in [1.165, 1.54) is 12.1 Å². The van der Waals surface area contributed by atoms with E-state index >= 15 is 0 Å². The maximum Gasteiger partial charge on any atom is 0.363 e. The Bertz CT molecular complexity index is 782. The number of urea groups is 1. The van der Waals surface area contributed by atoms with Crippen LogP contribution in [0.3, 0.4) is 0 Å². The number of benzene rings is 1. The Kier molecular flexibility index (Phi) is 7.85. The molecule has 27 heavy (non-hydrogen) atoms. The predicted octanol–water partition coefficient (Wildman–Crippen LogP) is 3.36. The van der Waals surface area contributed by atoms with Crippen LogP contribution in [-0.4, -0.2) is 32.9 Å². The average Bonchev–Trinajstić information content (AvgIpc) is 2.63. The van der Waals surface area contributed by atoms with Gasteiger partial charge in [0.15, 0.2) is 0 Å². The van der Waals surface area contributed by atoms with Gasteiger partial charge in [-0.1, -0.05) is 31.4 Å². The van der Waals surface area contributed by atoms with Crippen LogP contribution in [0, 0.1) is 0 Å². The van der Waals surface area contributed by atoms with Crippen molar-refractivity contribution in [3.8, 4) is 0 Å². The molecule has 2 N–H and O–H groups in total. The van der Waals surface area contributed by atoms with Crippen molar-refractivity contribution in [2.75, 3.05) is 18.5 Å². The van der Waals surface area contributed by atoms with Gasteiger partial charge in [0.05, 0.1) is 29.5 Å². The van der Waals surface area contributed by atoms with E-state index in [-0.39, 0.29) is 24.2 Å². The molecule has 0 aromatic heterocycles. The number of rotatable bonds is 8. The Balaban J connectivity index is 2.17. The van der Waals surface area contributed by atoms with Gasteiger partial charge >= 0.3 is 13.6 Å². The third-order valence-electron chi connectivity index (χ3n) is 4.27. The van der Waals surface area contributed by atoms with Crippen LogP contribution in [0.15, 0.2) is 24.3 Å². The number of para-hydroxylation sites is 1. The molecule has 2 rings (SSSR count). The first-order chi connectivity index (χ1) is 12.8. The lowest BCUT2D eigenvalue weighted by atomic mass is 10.0. The molecule has 0 heterocycles. The summed E-state index contributed by atoms with van der Waals surface area (Å²) in [5.41, 5.74) is 0.180. The maximum atomic E-state index is 13.0. The summed E-state index contributed by atoms with van der Waals surface area (Å²) in [5.74, 6) is 0. The fourth-order valence-electron chi connectivity index (χ4n) is 3.07. The quantitative estimate of drug-likeness (QED) is 0.626. The zero-order chi connectivity index (χ0) is 19.9. The van der Waals surface area contributed by atoms with Crippen molar-refractivity contribution in [3.05, 3.63) is 24.3 Å². The maximum absolute atomic E-state index is 13.0. The van der Waals surface area contributed by atoms with E-state index in [1.54, 1.807) is 26.0 Å². The van der Waals surface area contributed by atoms with Crippen molar-refractivity contribution in [1.29, 1.82) is 0 Å². The molecule has 1 aromatic carbocycles. The van der Waals surface area contributed by atoms with Crippen molar-refractivity contribution >= 4 is 34.6 Å². The second-order valence-corrected chi connectivity index (χ2v) is 10.2. The Morgan fingerprint density at radius 3 is 2.30 bits per heavy atom. The van der Waals surface area contributed by atoms with Crippen molar-refractivity contribution < 1.29 is 26.8 Å². The number of nitrogens with one attached hydrogen (secondary N) is 2. The molecule has 1 aliphatic carbocycles. The van der Waals surface area contributed by atoms with Gasteiger partial charge < -0.3 is 14.4 Å². The highest BCUT2D eigenvalue weighted by molar-refractivity contribution is 7.90. The van der Waals surface area contributed by atoms with Gasteiger partial charge in [0.2, 0.25) is 10.0 Å². The molecule has 0 saturated heterocycles. The van der Waals surface area contributed by atoms with Crippen LogP contribution in [0.1, 0.15) is 46.0 Å². The van der Waals surface area contributed by atoms with Gasteiger partial charge in [0.1, 0.15) is 0 Å². The first kappa shape index (κ1) is 21.9. The predicted molar refractivity (Wildman–Crippen MR) is 105 cm³/mol. The summed E-state index contributed by atoms with van der Waals surface area (Å²) in [5, 5.41) is 2.08. The summed E-state index contributed by atoms with van der Waals surface area (Å²) in [6.07, 6.45) is 3.77. The number of hydrogen-bond donors (Lipinski definition) is 2. The van der Waals surface area contributed by atoms with Gasteiger partial charge in [-0.05, 0) is 38.8 Å². The minimum absolute atomic E-state index is 0.161. The lowest BCUT2D eigenvalue weighted by Gasteiger charge is -2.23. The summed E-state index contributed by atoms with van der Waals surface area (Å²) in [7, 11) is -7.40. The first-order valence-electron chi connectivity index (χ1n) is 9.13. The van der Waals surface area contributed by atoms with E-state index in [4.69, 9.17) is 9.05 Å². The molecule has 0 spiro atoms. The van der Waals surface area contributed by atoms with Crippen LogP contribution in [0.5, 0.6) is 0 Å². The monoisotopic (exact) mass is 418 g/mol.